The van der Waals surface area contributed by atoms with Crippen molar-refractivity contribution in [3.8, 4) is 11.5 Å². The van der Waals surface area contributed by atoms with Gasteiger partial charge < -0.3 is 13.9 Å². The zero-order valence-corrected chi connectivity index (χ0v) is 15.5. The summed E-state index contributed by atoms with van der Waals surface area (Å²) in [5, 5.41) is 0.0706. The summed E-state index contributed by atoms with van der Waals surface area (Å²) in [6.45, 7) is 0. The first-order chi connectivity index (χ1) is 13.2. The molecule has 1 amide bonds. The van der Waals surface area contributed by atoms with Gasteiger partial charge in [0.1, 0.15) is 28.3 Å². The van der Waals surface area contributed by atoms with E-state index in [1.165, 1.54) is 26.4 Å². The monoisotopic (exact) mass is 407 g/mol. The van der Waals surface area contributed by atoms with Crippen LogP contribution in [0.2, 0.25) is 0 Å². The molecule has 10 heteroatoms. The molecule has 0 radical (unpaired) electrons. The number of carbonyl (C=O) groups excluding carboxylic acids is 1. The first-order valence-corrected chi connectivity index (χ1v) is 9.26. The quantitative estimate of drug-likeness (QED) is 0.689. The van der Waals surface area contributed by atoms with Gasteiger partial charge in [0.25, 0.3) is 10.0 Å². The fraction of sp³-hybridized carbons (Fsp3) is 0.111. The van der Waals surface area contributed by atoms with Crippen molar-refractivity contribution in [3.63, 3.8) is 0 Å². The van der Waals surface area contributed by atoms with Crippen LogP contribution in [0.4, 0.5) is 4.39 Å². The van der Waals surface area contributed by atoms with Crippen LogP contribution in [0.3, 0.4) is 0 Å². The number of carbonyl (C=O) groups is 1. The average Bonchev–Trinajstić information content (AvgIpc) is 2.66. The molecule has 1 N–H and O–H groups in total. The number of halogens is 1. The number of fused-ring (bicyclic) bond motifs is 1. The molecular weight excluding hydrogens is 393 g/mol. The number of benzene rings is 2. The average molecular weight is 407 g/mol. The van der Waals surface area contributed by atoms with Crippen LogP contribution in [0, 0.1) is 5.82 Å². The van der Waals surface area contributed by atoms with E-state index in [4.69, 9.17) is 13.9 Å². The highest BCUT2D eigenvalue weighted by molar-refractivity contribution is 7.90. The second-order valence-corrected chi connectivity index (χ2v) is 7.25. The molecule has 0 aliphatic heterocycles. The van der Waals surface area contributed by atoms with E-state index in [1.54, 1.807) is 4.72 Å². The Morgan fingerprint density at radius 2 is 1.75 bits per heavy atom. The zero-order valence-electron chi connectivity index (χ0n) is 14.7. The summed E-state index contributed by atoms with van der Waals surface area (Å²) in [6.07, 6.45) is 0. The lowest BCUT2D eigenvalue weighted by Crippen LogP contribution is -2.31. The van der Waals surface area contributed by atoms with Gasteiger partial charge in [-0.15, -0.1) is 0 Å². The second-order valence-electron chi connectivity index (χ2n) is 5.57. The summed E-state index contributed by atoms with van der Waals surface area (Å²) in [4.78, 5) is 24.4. The van der Waals surface area contributed by atoms with Crippen LogP contribution in [0.25, 0.3) is 11.0 Å². The minimum atomic E-state index is -4.29. The Kier molecular flexibility index (Phi) is 5.06. The lowest BCUT2D eigenvalue weighted by Gasteiger charge is -2.09. The Labute approximate surface area is 158 Å². The molecule has 8 nitrogen and oxygen atoms in total. The topological polar surface area (TPSA) is 112 Å². The lowest BCUT2D eigenvalue weighted by atomic mass is 10.2. The Balaban J connectivity index is 2.02. The number of methoxy groups -OCH3 is 2. The van der Waals surface area contributed by atoms with Gasteiger partial charge in [-0.05, 0) is 24.3 Å². The highest BCUT2D eigenvalue weighted by atomic mass is 32.2. The summed E-state index contributed by atoms with van der Waals surface area (Å²) >= 11 is 0. The van der Waals surface area contributed by atoms with Gasteiger partial charge in [0.2, 0.25) is 0 Å². The summed E-state index contributed by atoms with van der Waals surface area (Å²) in [5.41, 5.74) is -0.627. The fourth-order valence-electron chi connectivity index (χ4n) is 2.46. The van der Waals surface area contributed by atoms with Gasteiger partial charge in [0.15, 0.2) is 11.2 Å². The molecule has 146 valence electrons. The van der Waals surface area contributed by atoms with E-state index in [2.05, 4.69) is 0 Å². The van der Waals surface area contributed by atoms with Gasteiger partial charge in [-0.2, -0.15) is 0 Å². The number of ether oxygens (including phenoxy) is 2. The molecule has 0 atom stereocenters. The van der Waals surface area contributed by atoms with E-state index in [0.29, 0.717) is 5.75 Å². The van der Waals surface area contributed by atoms with Crippen molar-refractivity contribution in [1.82, 2.24) is 4.72 Å². The highest BCUT2D eigenvalue weighted by Crippen LogP contribution is 2.29. The molecule has 0 fully saturated rings. The maximum Gasteiger partial charge on any atom is 0.300 e. The van der Waals surface area contributed by atoms with Crippen LogP contribution in [0.15, 0.2) is 56.6 Å². The number of hydrogen-bond acceptors (Lipinski definition) is 7. The van der Waals surface area contributed by atoms with Crippen molar-refractivity contribution in [1.29, 1.82) is 0 Å². The van der Waals surface area contributed by atoms with Gasteiger partial charge >= 0.3 is 5.91 Å². The van der Waals surface area contributed by atoms with E-state index in [1.807, 2.05) is 0 Å². The van der Waals surface area contributed by atoms with Crippen LogP contribution < -0.4 is 19.6 Å². The minimum Gasteiger partial charge on any atom is -0.496 e. The van der Waals surface area contributed by atoms with Gasteiger partial charge in [-0.3, -0.25) is 9.59 Å². The third-order valence-electron chi connectivity index (χ3n) is 3.80. The van der Waals surface area contributed by atoms with Crippen LogP contribution in [0.5, 0.6) is 11.5 Å². The standard InChI is InChI=1S/C18H14FNO7S/c1-25-11-7-14(26-2)17-13(21)9-16(27-15(17)8-11)18(22)20-28(23,24)12-5-3-10(19)4-6-12/h3-9H,1-2H3,(H,20,22). The summed E-state index contributed by atoms with van der Waals surface area (Å²) < 4.78 is 54.9. The summed E-state index contributed by atoms with van der Waals surface area (Å²) in [7, 11) is -1.55. The van der Waals surface area contributed by atoms with E-state index in [9.17, 15) is 22.4 Å². The first-order valence-electron chi connectivity index (χ1n) is 7.78. The molecule has 0 saturated carbocycles. The number of sulfonamides is 1. The molecule has 0 unspecified atom stereocenters. The van der Waals surface area contributed by atoms with Crippen molar-refractivity contribution >= 4 is 26.9 Å². The van der Waals surface area contributed by atoms with Crippen molar-refractivity contribution in [2.45, 2.75) is 4.90 Å². The lowest BCUT2D eigenvalue weighted by molar-refractivity contribution is 0.0955. The third-order valence-corrected chi connectivity index (χ3v) is 5.15. The zero-order chi connectivity index (χ0) is 20.5. The van der Waals surface area contributed by atoms with Gasteiger partial charge in [-0.25, -0.2) is 17.5 Å². The van der Waals surface area contributed by atoms with E-state index >= 15 is 0 Å². The normalized spacial score (nSPS) is 11.2. The van der Waals surface area contributed by atoms with Crippen LogP contribution in [0.1, 0.15) is 10.6 Å². The van der Waals surface area contributed by atoms with Crippen molar-refractivity contribution < 1.29 is 31.5 Å². The fourth-order valence-corrected chi connectivity index (χ4v) is 3.42. The molecule has 2 aromatic carbocycles. The van der Waals surface area contributed by atoms with Crippen molar-refractivity contribution in [2.75, 3.05) is 14.2 Å². The Morgan fingerprint density at radius 1 is 1.07 bits per heavy atom. The van der Waals surface area contributed by atoms with Crippen LogP contribution >= 0.6 is 0 Å². The smallest absolute Gasteiger partial charge is 0.300 e. The number of nitrogens with one attached hydrogen (secondary N) is 1. The second kappa shape index (κ2) is 7.31. The molecule has 0 spiro atoms. The maximum atomic E-state index is 13.0. The molecule has 1 aromatic heterocycles. The van der Waals surface area contributed by atoms with Gasteiger partial charge in [0, 0.05) is 18.2 Å². The molecular formula is C18H14FNO7S. The molecule has 0 aliphatic carbocycles. The first kappa shape index (κ1) is 19.4. The van der Waals surface area contributed by atoms with E-state index < -0.39 is 32.9 Å². The predicted molar refractivity (Wildman–Crippen MR) is 96.6 cm³/mol. The van der Waals surface area contributed by atoms with Gasteiger partial charge in [-0.1, -0.05) is 0 Å². The van der Waals surface area contributed by atoms with Crippen molar-refractivity contribution in [3.05, 3.63) is 64.3 Å². The summed E-state index contributed by atoms with van der Waals surface area (Å²) in [5.74, 6) is -1.84. The molecule has 0 bridgehead atoms. The maximum absolute atomic E-state index is 13.0. The molecule has 1 heterocycles. The SMILES string of the molecule is COc1cc(OC)c2c(=O)cc(C(=O)NS(=O)(=O)c3ccc(F)cc3)oc2c1. The van der Waals surface area contributed by atoms with Crippen LogP contribution in [-0.2, 0) is 10.0 Å². The minimum absolute atomic E-state index is 0.0203. The third kappa shape index (κ3) is 3.67. The molecule has 0 saturated heterocycles. The Hall–Kier alpha value is -3.40. The number of rotatable bonds is 5. The summed E-state index contributed by atoms with van der Waals surface area (Å²) in [6, 6.07) is 7.56. The molecule has 3 rings (SSSR count). The molecule has 0 aliphatic rings. The van der Waals surface area contributed by atoms with Crippen molar-refractivity contribution in [2.24, 2.45) is 0 Å². The van der Waals surface area contributed by atoms with E-state index in [0.717, 1.165) is 30.3 Å². The van der Waals surface area contributed by atoms with Gasteiger partial charge in [0.05, 0.1) is 19.1 Å². The largest absolute Gasteiger partial charge is 0.496 e. The predicted octanol–water partition coefficient (Wildman–Crippen LogP) is 2.07. The molecule has 3 aromatic rings. The molecule has 28 heavy (non-hydrogen) atoms. The Bertz CT molecular complexity index is 1220. The highest BCUT2D eigenvalue weighted by Gasteiger charge is 2.22. The van der Waals surface area contributed by atoms with Crippen LogP contribution in [-0.4, -0.2) is 28.5 Å². The number of hydrogen-bond donors (Lipinski definition) is 1. The number of amides is 1. The van der Waals surface area contributed by atoms with E-state index in [-0.39, 0.29) is 21.6 Å². The Morgan fingerprint density at radius 3 is 2.36 bits per heavy atom.